The van der Waals surface area contributed by atoms with Crippen LogP contribution in [0.3, 0.4) is 0 Å². The monoisotopic (exact) mass is 418 g/mol. The van der Waals surface area contributed by atoms with Crippen LogP contribution in [0.25, 0.3) is 11.1 Å². The van der Waals surface area contributed by atoms with Gasteiger partial charge in [0.1, 0.15) is 0 Å². The summed E-state index contributed by atoms with van der Waals surface area (Å²) in [6, 6.07) is 37.1. The molecule has 3 heteroatoms. The van der Waals surface area contributed by atoms with Gasteiger partial charge in [0.05, 0.1) is 0 Å². The number of nitrogens with one attached hydrogen (secondary N) is 2. The number of benzene rings is 4. The van der Waals surface area contributed by atoms with Crippen LogP contribution < -0.4 is 10.6 Å². The normalized spacial score (nSPS) is 17.0. The van der Waals surface area contributed by atoms with E-state index in [1.807, 2.05) is 60.7 Å². The van der Waals surface area contributed by atoms with Gasteiger partial charge in [-0.25, -0.2) is 0 Å². The highest BCUT2D eigenvalue weighted by Crippen LogP contribution is 2.41. The van der Waals surface area contributed by atoms with Crippen molar-refractivity contribution < 1.29 is 4.79 Å². The minimum Gasteiger partial charge on any atom is -0.322 e. The van der Waals surface area contributed by atoms with Gasteiger partial charge in [0.15, 0.2) is 0 Å². The molecule has 1 amide bonds. The van der Waals surface area contributed by atoms with Gasteiger partial charge in [0, 0.05) is 29.8 Å². The highest BCUT2D eigenvalue weighted by Gasteiger charge is 2.37. The highest BCUT2D eigenvalue weighted by atomic mass is 16.1. The van der Waals surface area contributed by atoms with E-state index in [0.29, 0.717) is 17.5 Å². The van der Waals surface area contributed by atoms with Gasteiger partial charge in [-0.1, -0.05) is 84.9 Å². The summed E-state index contributed by atoms with van der Waals surface area (Å²) in [7, 11) is 0. The Hall–Kier alpha value is -3.69. The smallest absolute Gasteiger partial charge is 0.255 e. The van der Waals surface area contributed by atoms with E-state index in [4.69, 9.17) is 0 Å². The molecule has 0 aromatic heterocycles. The molecule has 0 heterocycles. The molecule has 1 saturated carbocycles. The summed E-state index contributed by atoms with van der Waals surface area (Å²) in [5, 5.41) is 6.67. The Morgan fingerprint density at radius 2 is 1.44 bits per heavy atom. The van der Waals surface area contributed by atoms with Crippen molar-refractivity contribution in [1.82, 2.24) is 5.32 Å². The van der Waals surface area contributed by atoms with Crippen LogP contribution in [0.15, 0.2) is 109 Å². The average molecular weight is 419 g/mol. The first kappa shape index (κ1) is 20.2. The van der Waals surface area contributed by atoms with Crippen LogP contribution in [0.4, 0.5) is 5.69 Å². The quantitative estimate of drug-likeness (QED) is 0.372. The summed E-state index contributed by atoms with van der Waals surface area (Å²) >= 11 is 0. The van der Waals surface area contributed by atoms with E-state index in [2.05, 4.69) is 59.2 Å². The van der Waals surface area contributed by atoms with Crippen LogP contribution in [0, 0.1) is 0 Å². The molecule has 0 unspecified atom stereocenters. The van der Waals surface area contributed by atoms with Gasteiger partial charge >= 0.3 is 0 Å². The summed E-state index contributed by atoms with van der Waals surface area (Å²) in [5.41, 5.74) is 6.25. The van der Waals surface area contributed by atoms with Gasteiger partial charge in [-0.3, -0.25) is 4.79 Å². The molecular formula is C29H26N2O. The van der Waals surface area contributed by atoms with Crippen LogP contribution in [0.2, 0.25) is 0 Å². The second kappa shape index (κ2) is 9.21. The van der Waals surface area contributed by atoms with Crippen molar-refractivity contribution >= 4 is 11.6 Å². The number of amides is 1. The van der Waals surface area contributed by atoms with E-state index < -0.39 is 0 Å². The number of hydrogen-bond acceptors (Lipinski definition) is 2. The lowest BCUT2D eigenvalue weighted by Crippen LogP contribution is -2.17. The first-order valence-electron chi connectivity index (χ1n) is 11.1. The Kier molecular flexibility index (Phi) is 5.82. The number of hydrogen-bond donors (Lipinski definition) is 2. The van der Waals surface area contributed by atoms with Crippen LogP contribution in [-0.4, -0.2) is 11.9 Å². The van der Waals surface area contributed by atoms with Crippen molar-refractivity contribution in [2.24, 2.45) is 0 Å². The molecule has 0 saturated heterocycles. The fourth-order valence-electron chi connectivity index (χ4n) is 4.12. The van der Waals surface area contributed by atoms with Gasteiger partial charge in [0.25, 0.3) is 5.91 Å². The van der Waals surface area contributed by atoms with E-state index in [1.54, 1.807) is 0 Å². The summed E-state index contributed by atoms with van der Waals surface area (Å²) < 4.78 is 0. The Morgan fingerprint density at radius 3 is 2.19 bits per heavy atom. The Labute approximate surface area is 189 Å². The Morgan fingerprint density at radius 1 is 0.750 bits per heavy atom. The molecule has 0 spiro atoms. The molecule has 1 fully saturated rings. The van der Waals surface area contributed by atoms with Crippen molar-refractivity contribution in [1.29, 1.82) is 0 Å². The zero-order valence-corrected chi connectivity index (χ0v) is 17.9. The number of rotatable bonds is 7. The SMILES string of the molecule is O=C(Nc1ccc([C@@H]2C[C@H]2NCc2ccccc2)cc1)c1cccc(-c2ccccc2)c1. The zero-order valence-electron chi connectivity index (χ0n) is 17.9. The van der Waals surface area contributed by atoms with Crippen LogP contribution >= 0.6 is 0 Å². The molecule has 4 aromatic carbocycles. The molecule has 0 radical (unpaired) electrons. The number of anilines is 1. The molecule has 32 heavy (non-hydrogen) atoms. The molecular weight excluding hydrogens is 392 g/mol. The van der Waals surface area contributed by atoms with Gasteiger partial charge in [-0.05, 0) is 52.9 Å². The maximum absolute atomic E-state index is 12.8. The Balaban J connectivity index is 1.18. The summed E-state index contributed by atoms with van der Waals surface area (Å²) in [5.74, 6) is 0.454. The first-order chi connectivity index (χ1) is 15.8. The van der Waals surface area contributed by atoms with Crippen molar-refractivity contribution in [2.75, 3.05) is 5.32 Å². The first-order valence-corrected chi connectivity index (χ1v) is 11.1. The average Bonchev–Trinajstić information content (AvgIpc) is 3.64. The van der Waals surface area contributed by atoms with Crippen LogP contribution in [-0.2, 0) is 6.54 Å². The third-order valence-corrected chi connectivity index (χ3v) is 6.03. The van der Waals surface area contributed by atoms with Crippen LogP contribution in [0.1, 0.15) is 33.8 Å². The fraction of sp³-hybridized carbons (Fsp3) is 0.138. The third-order valence-electron chi connectivity index (χ3n) is 6.03. The largest absolute Gasteiger partial charge is 0.322 e. The Bertz CT molecular complexity index is 1190. The number of carbonyl (C=O) groups is 1. The lowest BCUT2D eigenvalue weighted by Gasteiger charge is -2.09. The van der Waals surface area contributed by atoms with E-state index in [0.717, 1.165) is 29.8 Å². The summed E-state index contributed by atoms with van der Waals surface area (Å²) in [6.07, 6.45) is 1.16. The van der Waals surface area contributed by atoms with Crippen molar-refractivity contribution in [3.05, 3.63) is 126 Å². The second-order valence-corrected chi connectivity index (χ2v) is 8.34. The minimum atomic E-state index is -0.0932. The molecule has 5 rings (SSSR count). The van der Waals surface area contributed by atoms with Crippen molar-refractivity contribution in [3.63, 3.8) is 0 Å². The predicted octanol–water partition coefficient (Wildman–Crippen LogP) is 6.25. The van der Waals surface area contributed by atoms with E-state index in [-0.39, 0.29) is 5.91 Å². The lowest BCUT2D eigenvalue weighted by molar-refractivity contribution is 0.102. The molecule has 158 valence electrons. The van der Waals surface area contributed by atoms with E-state index in [9.17, 15) is 4.79 Å². The zero-order chi connectivity index (χ0) is 21.8. The summed E-state index contributed by atoms with van der Waals surface area (Å²) in [6.45, 7) is 0.901. The molecule has 1 aliphatic carbocycles. The third kappa shape index (κ3) is 4.79. The lowest BCUT2D eigenvalue weighted by atomic mass is 10.0. The molecule has 1 aliphatic rings. The molecule has 0 aliphatic heterocycles. The van der Waals surface area contributed by atoms with Crippen LogP contribution in [0.5, 0.6) is 0 Å². The van der Waals surface area contributed by atoms with Crippen molar-refractivity contribution in [2.45, 2.75) is 24.9 Å². The van der Waals surface area contributed by atoms with Gasteiger partial charge in [0.2, 0.25) is 0 Å². The molecule has 2 N–H and O–H groups in total. The van der Waals surface area contributed by atoms with Gasteiger partial charge in [-0.2, -0.15) is 0 Å². The maximum Gasteiger partial charge on any atom is 0.255 e. The molecule has 3 nitrogen and oxygen atoms in total. The highest BCUT2D eigenvalue weighted by molar-refractivity contribution is 6.05. The number of carbonyl (C=O) groups excluding carboxylic acids is 1. The van der Waals surface area contributed by atoms with E-state index >= 15 is 0 Å². The van der Waals surface area contributed by atoms with Gasteiger partial charge in [-0.15, -0.1) is 0 Å². The minimum absolute atomic E-state index is 0.0932. The fourth-order valence-corrected chi connectivity index (χ4v) is 4.12. The topological polar surface area (TPSA) is 41.1 Å². The van der Waals surface area contributed by atoms with E-state index in [1.165, 1.54) is 11.1 Å². The predicted molar refractivity (Wildman–Crippen MR) is 131 cm³/mol. The second-order valence-electron chi connectivity index (χ2n) is 8.34. The molecule has 2 atom stereocenters. The molecule has 0 bridgehead atoms. The molecule has 4 aromatic rings. The van der Waals surface area contributed by atoms with Crippen molar-refractivity contribution in [3.8, 4) is 11.1 Å². The van der Waals surface area contributed by atoms with Gasteiger partial charge < -0.3 is 10.6 Å². The maximum atomic E-state index is 12.8. The standard InChI is InChI=1S/C29H26N2O/c32-29(25-13-7-12-24(18-25)22-10-5-2-6-11-22)31-26-16-14-23(15-17-26)27-19-28(27)30-20-21-8-3-1-4-9-21/h1-18,27-28,30H,19-20H2,(H,31,32)/t27-,28+/m0/s1. The summed E-state index contributed by atoms with van der Waals surface area (Å²) in [4.78, 5) is 12.8.